The Balaban J connectivity index is 1.73. The van der Waals surface area contributed by atoms with Gasteiger partial charge < -0.3 is 4.90 Å². The third kappa shape index (κ3) is 3.84. The molecule has 0 radical (unpaired) electrons. The molecule has 6 heteroatoms. The van der Waals surface area contributed by atoms with Gasteiger partial charge in [0.05, 0.1) is 5.69 Å². The van der Waals surface area contributed by atoms with Crippen LogP contribution < -0.4 is 15.1 Å². The van der Waals surface area contributed by atoms with Crippen molar-refractivity contribution in [1.29, 1.82) is 0 Å². The second-order valence-corrected chi connectivity index (χ2v) is 9.66. The summed E-state index contributed by atoms with van der Waals surface area (Å²) in [6.07, 6.45) is 2.72. The van der Waals surface area contributed by atoms with Crippen LogP contribution >= 0.6 is 12.2 Å². The summed E-state index contributed by atoms with van der Waals surface area (Å²) in [6, 6.07) is 13.7. The summed E-state index contributed by atoms with van der Waals surface area (Å²) in [4.78, 5) is 29.8. The van der Waals surface area contributed by atoms with Crippen molar-refractivity contribution >= 4 is 46.6 Å². The Labute approximate surface area is 195 Å². The molecule has 5 nitrogen and oxygen atoms in total. The van der Waals surface area contributed by atoms with Crippen LogP contribution in [0.15, 0.2) is 48.0 Å². The molecule has 1 saturated heterocycles. The number of hydrogen-bond acceptors (Lipinski definition) is 4. The minimum absolute atomic E-state index is 0.0798. The molecule has 1 N–H and O–H groups in total. The summed E-state index contributed by atoms with van der Waals surface area (Å²) in [5.74, 6) is -0.495. The van der Waals surface area contributed by atoms with Gasteiger partial charge in [-0.25, -0.2) is 0 Å². The van der Waals surface area contributed by atoms with Gasteiger partial charge in [0.2, 0.25) is 0 Å². The van der Waals surface area contributed by atoms with Crippen molar-refractivity contribution in [2.75, 3.05) is 16.3 Å². The number of nitrogens with zero attached hydrogens (tertiary/aromatic N) is 2. The van der Waals surface area contributed by atoms with Crippen LogP contribution in [0.3, 0.4) is 0 Å². The first-order valence-electron chi connectivity index (χ1n) is 11.0. The Morgan fingerprint density at radius 1 is 1.19 bits per heavy atom. The zero-order valence-corrected chi connectivity index (χ0v) is 20.0. The average molecular weight is 448 g/mol. The Hall–Kier alpha value is -2.99. The molecule has 166 valence electrons. The van der Waals surface area contributed by atoms with Crippen molar-refractivity contribution in [3.63, 3.8) is 0 Å². The molecular formula is C26H29N3O2S. The minimum atomic E-state index is -0.467. The second kappa shape index (κ2) is 8.17. The third-order valence-electron chi connectivity index (χ3n) is 6.40. The van der Waals surface area contributed by atoms with E-state index >= 15 is 0 Å². The van der Waals surface area contributed by atoms with E-state index in [1.165, 1.54) is 16.2 Å². The fourth-order valence-electron chi connectivity index (χ4n) is 5.02. The third-order valence-corrected chi connectivity index (χ3v) is 6.68. The smallest absolute Gasteiger partial charge is 0.270 e. The molecule has 0 saturated carbocycles. The Morgan fingerprint density at radius 3 is 2.62 bits per heavy atom. The lowest BCUT2D eigenvalue weighted by Crippen LogP contribution is -2.54. The molecule has 2 aromatic rings. The first-order chi connectivity index (χ1) is 15.1. The van der Waals surface area contributed by atoms with E-state index in [4.69, 9.17) is 12.2 Å². The molecule has 4 rings (SSSR count). The van der Waals surface area contributed by atoms with Crippen LogP contribution in [0.1, 0.15) is 56.7 Å². The first kappa shape index (κ1) is 22.2. The van der Waals surface area contributed by atoms with Crippen LogP contribution in [0.5, 0.6) is 0 Å². The number of amides is 2. The first-order valence-corrected chi connectivity index (χ1v) is 11.4. The van der Waals surface area contributed by atoms with Crippen molar-refractivity contribution < 1.29 is 9.59 Å². The van der Waals surface area contributed by atoms with E-state index in [9.17, 15) is 9.59 Å². The number of carbonyl (C=O) groups is 2. The maximum Gasteiger partial charge on any atom is 0.270 e. The summed E-state index contributed by atoms with van der Waals surface area (Å²) in [7, 11) is 0. The molecule has 2 aromatic carbocycles. The number of aryl methyl sites for hydroxylation is 1. The Bertz CT molecular complexity index is 1150. The van der Waals surface area contributed by atoms with Crippen LogP contribution in [0.4, 0.5) is 11.4 Å². The molecule has 0 spiro atoms. The normalized spacial score (nSPS) is 21.6. The van der Waals surface area contributed by atoms with E-state index in [1.54, 1.807) is 6.08 Å². The number of thiocarbonyl (C=S) groups is 1. The molecule has 0 aliphatic carbocycles. The summed E-state index contributed by atoms with van der Waals surface area (Å²) in [6.45, 7) is 11.8. The van der Waals surface area contributed by atoms with Gasteiger partial charge in [-0.3, -0.25) is 19.8 Å². The van der Waals surface area contributed by atoms with E-state index in [0.717, 1.165) is 24.1 Å². The van der Waals surface area contributed by atoms with Gasteiger partial charge in [0.1, 0.15) is 5.57 Å². The number of nitrogens with one attached hydrogen (secondary N) is 1. The van der Waals surface area contributed by atoms with Crippen LogP contribution in [0.2, 0.25) is 0 Å². The van der Waals surface area contributed by atoms with Crippen LogP contribution in [-0.2, 0) is 9.59 Å². The highest BCUT2D eigenvalue weighted by atomic mass is 32.1. The fourth-order valence-corrected chi connectivity index (χ4v) is 5.30. The van der Waals surface area contributed by atoms with Gasteiger partial charge in [0.15, 0.2) is 5.11 Å². The quantitative estimate of drug-likeness (QED) is 0.411. The van der Waals surface area contributed by atoms with Crippen molar-refractivity contribution in [1.82, 2.24) is 5.32 Å². The number of benzene rings is 2. The molecule has 0 bridgehead atoms. The molecule has 2 aliphatic heterocycles. The van der Waals surface area contributed by atoms with Gasteiger partial charge in [-0.15, -0.1) is 0 Å². The van der Waals surface area contributed by atoms with Crippen LogP contribution in [0.25, 0.3) is 6.08 Å². The summed E-state index contributed by atoms with van der Waals surface area (Å²) in [5.41, 5.74) is 5.12. The molecule has 1 fully saturated rings. The summed E-state index contributed by atoms with van der Waals surface area (Å²) >= 11 is 5.31. The average Bonchev–Trinajstić information content (AvgIpc) is 2.71. The van der Waals surface area contributed by atoms with Gasteiger partial charge in [-0.05, 0) is 99.3 Å². The highest BCUT2D eigenvalue weighted by Gasteiger charge is 2.36. The minimum Gasteiger partial charge on any atom is -0.366 e. The number of carbonyl (C=O) groups excluding carboxylic acids is 2. The van der Waals surface area contributed by atoms with Gasteiger partial charge in [0.25, 0.3) is 11.8 Å². The van der Waals surface area contributed by atoms with Gasteiger partial charge in [-0.2, -0.15) is 0 Å². The standard InChI is InChI=1S/C26H29N3O2S/c1-6-28-22-11-10-18(13-20(22)17(3)15-26(28,4)5)14-21-23(30)27-25(32)29(24(21)31)19-9-7-8-16(2)12-19/h7-14,17H,6,15H2,1-5H3,(H,27,30,32)/b21-14-. The van der Waals surface area contributed by atoms with Crippen LogP contribution in [0, 0.1) is 6.92 Å². The molecular weight excluding hydrogens is 418 g/mol. The van der Waals surface area contributed by atoms with Crippen molar-refractivity contribution in [2.45, 2.75) is 52.5 Å². The van der Waals surface area contributed by atoms with Gasteiger partial charge >= 0.3 is 0 Å². The molecule has 2 heterocycles. The predicted molar refractivity (Wildman–Crippen MR) is 134 cm³/mol. The molecule has 32 heavy (non-hydrogen) atoms. The Morgan fingerprint density at radius 2 is 1.94 bits per heavy atom. The number of hydrogen-bond donors (Lipinski definition) is 1. The van der Waals surface area contributed by atoms with E-state index < -0.39 is 11.8 Å². The molecule has 1 unspecified atom stereocenters. The SMILES string of the molecule is CCN1c2ccc(/C=C3/C(=O)NC(=S)N(c4cccc(C)c4)C3=O)cc2C(C)CC1(C)C. The van der Waals surface area contributed by atoms with E-state index in [0.29, 0.717) is 11.6 Å². The van der Waals surface area contributed by atoms with Gasteiger partial charge in [0, 0.05) is 17.8 Å². The lowest BCUT2D eigenvalue weighted by Gasteiger charge is -2.47. The highest BCUT2D eigenvalue weighted by molar-refractivity contribution is 7.80. The molecule has 0 aromatic heterocycles. The van der Waals surface area contributed by atoms with Crippen molar-refractivity contribution in [3.05, 3.63) is 64.7 Å². The fraction of sp³-hybridized carbons (Fsp3) is 0.346. The number of rotatable bonds is 3. The zero-order valence-electron chi connectivity index (χ0n) is 19.2. The largest absolute Gasteiger partial charge is 0.366 e. The zero-order chi connectivity index (χ0) is 23.2. The topological polar surface area (TPSA) is 52.7 Å². The monoisotopic (exact) mass is 447 g/mol. The molecule has 2 aliphatic rings. The second-order valence-electron chi connectivity index (χ2n) is 9.28. The van der Waals surface area contributed by atoms with Gasteiger partial charge in [-0.1, -0.05) is 25.1 Å². The van der Waals surface area contributed by atoms with Crippen molar-refractivity contribution in [3.8, 4) is 0 Å². The predicted octanol–water partition coefficient (Wildman–Crippen LogP) is 4.94. The van der Waals surface area contributed by atoms with E-state index in [1.807, 2.05) is 37.3 Å². The van der Waals surface area contributed by atoms with E-state index in [2.05, 4.69) is 50.0 Å². The lowest BCUT2D eigenvalue weighted by molar-refractivity contribution is -0.122. The molecule has 2 amide bonds. The summed E-state index contributed by atoms with van der Waals surface area (Å²) < 4.78 is 0. The van der Waals surface area contributed by atoms with Crippen molar-refractivity contribution in [2.24, 2.45) is 0 Å². The lowest BCUT2D eigenvalue weighted by atomic mass is 9.79. The Kier molecular flexibility index (Phi) is 5.67. The molecule has 1 atom stereocenters. The number of anilines is 2. The summed E-state index contributed by atoms with van der Waals surface area (Å²) in [5, 5.41) is 2.77. The van der Waals surface area contributed by atoms with E-state index in [-0.39, 0.29) is 16.2 Å². The maximum atomic E-state index is 13.3. The van der Waals surface area contributed by atoms with Crippen LogP contribution in [-0.4, -0.2) is 29.0 Å². The number of fused-ring (bicyclic) bond motifs is 1. The maximum absolute atomic E-state index is 13.3. The highest BCUT2D eigenvalue weighted by Crippen LogP contribution is 2.43.